The number of ether oxygens (including phenoxy) is 2. The molecule has 1 aromatic rings. The molecular weight excluding hydrogens is 160 g/mol. The molecular formula is C8H10O2S. The van der Waals surface area contributed by atoms with E-state index in [2.05, 4.69) is 0 Å². The van der Waals surface area contributed by atoms with E-state index in [9.17, 15) is 0 Å². The molecule has 0 unspecified atom stereocenters. The fourth-order valence-corrected chi connectivity index (χ4v) is 1.74. The van der Waals surface area contributed by atoms with Gasteiger partial charge in [0.25, 0.3) is 0 Å². The topological polar surface area (TPSA) is 18.5 Å². The van der Waals surface area contributed by atoms with E-state index in [4.69, 9.17) is 9.47 Å². The third kappa shape index (κ3) is 1.48. The van der Waals surface area contributed by atoms with Gasteiger partial charge in [-0.1, -0.05) is 0 Å². The van der Waals surface area contributed by atoms with Crippen LogP contribution in [0.5, 0.6) is 11.5 Å². The molecule has 0 aliphatic carbocycles. The van der Waals surface area contributed by atoms with Gasteiger partial charge in [-0.05, 0) is 12.8 Å². The van der Waals surface area contributed by atoms with Gasteiger partial charge in [-0.3, -0.25) is 0 Å². The molecule has 1 aromatic heterocycles. The Hall–Kier alpha value is -0.700. The molecule has 0 spiro atoms. The van der Waals surface area contributed by atoms with Gasteiger partial charge in [0.2, 0.25) is 0 Å². The SMILES string of the molecule is c1scc2c1OCCCCO2. The Balaban J connectivity index is 2.18. The molecule has 0 bridgehead atoms. The summed E-state index contributed by atoms with van der Waals surface area (Å²) in [5.74, 6) is 1.82. The van der Waals surface area contributed by atoms with Crippen LogP contribution in [0.3, 0.4) is 0 Å². The minimum absolute atomic E-state index is 0.826. The summed E-state index contributed by atoms with van der Waals surface area (Å²) in [5, 5.41) is 3.97. The summed E-state index contributed by atoms with van der Waals surface area (Å²) in [6.07, 6.45) is 2.19. The maximum atomic E-state index is 5.45. The Morgan fingerprint density at radius 3 is 2.09 bits per heavy atom. The second-order valence-electron chi connectivity index (χ2n) is 2.50. The standard InChI is InChI=1S/C8H10O2S/c1-2-4-10-8-6-11-5-7(8)9-3-1/h5-6H,1-4H2. The van der Waals surface area contributed by atoms with Crippen LogP contribution in [0.2, 0.25) is 0 Å². The van der Waals surface area contributed by atoms with E-state index in [0.29, 0.717) is 0 Å². The van der Waals surface area contributed by atoms with Gasteiger partial charge < -0.3 is 9.47 Å². The number of hydrogen-bond acceptors (Lipinski definition) is 3. The van der Waals surface area contributed by atoms with Gasteiger partial charge >= 0.3 is 0 Å². The van der Waals surface area contributed by atoms with Gasteiger partial charge in [0, 0.05) is 10.8 Å². The zero-order chi connectivity index (χ0) is 7.52. The van der Waals surface area contributed by atoms with Crippen molar-refractivity contribution in [2.75, 3.05) is 13.2 Å². The van der Waals surface area contributed by atoms with Crippen molar-refractivity contribution in [2.45, 2.75) is 12.8 Å². The van der Waals surface area contributed by atoms with Crippen molar-refractivity contribution < 1.29 is 9.47 Å². The van der Waals surface area contributed by atoms with Crippen LogP contribution in [-0.4, -0.2) is 13.2 Å². The maximum absolute atomic E-state index is 5.45. The molecule has 0 saturated heterocycles. The lowest BCUT2D eigenvalue weighted by atomic mass is 10.3. The molecule has 0 aromatic carbocycles. The van der Waals surface area contributed by atoms with E-state index in [1.165, 1.54) is 0 Å². The lowest BCUT2D eigenvalue weighted by Gasteiger charge is -2.12. The van der Waals surface area contributed by atoms with Crippen LogP contribution in [0.1, 0.15) is 12.8 Å². The molecule has 2 rings (SSSR count). The fraction of sp³-hybridized carbons (Fsp3) is 0.500. The van der Waals surface area contributed by atoms with Crippen molar-refractivity contribution in [1.29, 1.82) is 0 Å². The van der Waals surface area contributed by atoms with E-state index in [1.54, 1.807) is 11.3 Å². The maximum Gasteiger partial charge on any atom is 0.171 e. The number of thiophene rings is 1. The molecule has 11 heavy (non-hydrogen) atoms. The minimum atomic E-state index is 0.826. The van der Waals surface area contributed by atoms with Crippen LogP contribution in [0.25, 0.3) is 0 Å². The molecule has 0 amide bonds. The Morgan fingerprint density at radius 1 is 1.00 bits per heavy atom. The third-order valence-electron chi connectivity index (χ3n) is 1.65. The molecule has 1 aliphatic heterocycles. The second-order valence-corrected chi connectivity index (χ2v) is 3.25. The summed E-state index contributed by atoms with van der Waals surface area (Å²) in [4.78, 5) is 0. The summed E-state index contributed by atoms with van der Waals surface area (Å²) in [6.45, 7) is 1.65. The summed E-state index contributed by atoms with van der Waals surface area (Å²) in [6, 6.07) is 0. The van der Waals surface area contributed by atoms with E-state index < -0.39 is 0 Å². The number of rotatable bonds is 0. The highest BCUT2D eigenvalue weighted by Gasteiger charge is 2.08. The molecule has 1 aliphatic rings. The van der Waals surface area contributed by atoms with Gasteiger partial charge in [-0.2, -0.15) is 0 Å². The average Bonchev–Trinajstić information content (AvgIpc) is 2.35. The Kier molecular flexibility index (Phi) is 1.99. The van der Waals surface area contributed by atoms with Gasteiger partial charge in [0.1, 0.15) is 0 Å². The van der Waals surface area contributed by atoms with Crippen molar-refractivity contribution in [3.8, 4) is 11.5 Å². The molecule has 0 atom stereocenters. The molecule has 0 radical (unpaired) electrons. The second kappa shape index (κ2) is 3.13. The van der Waals surface area contributed by atoms with Crippen molar-refractivity contribution >= 4 is 11.3 Å². The molecule has 0 N–H and O–H groups in total. The van der Waals surface area contributed by atoms with E-state index >= 15 is 0 Å². The Morgan fingerprint density at radius 2 is 1.55 bits per heavy atom. The van der Waals surface area contributed by atoms with Gasteiger partial charge in [-0.25, -0.2) is 0 Å². The highest BCUT2D eigenvalue weighted by atomic mass is 32.1. The van der Waals surface area contributed by atoms with Gasteiger partial charge in [-0.15, -0.1) is 11.3 Å². The Labute approximate surface area is 69.8 Å². The molecule has 2 nitrogen and oxygen atoms in total. The van der Waals surface area contributed by atoms with Crippen molar-refractivity contribution in [3.63, 3.8) is 0 Å². The zero-order valence-electron chi connectivity index (χ0n) is 6.21. The summed E-state index contributed by atoms with van der Waals surface area (Å²) >= 11 is 1.62. The van der Waals surface area contributed by atoms with Crippen LogP contribution >= 0.6 is 11.3 Å². The molecule has 2 heterocycles. The predicted octanol–water partition coefficient (Wildman–Crippen LogP) is 2.30. The first-order chi connectivity index (χ1) is 5.47. The van der Waals surface area contributed by atoms with Crippen LogP contribution < -0.4 is 9.47 Å². The quantitative estimate of drug-likeness (QED) is 0.594. The van der Waals surface area contributed by atoms with Crippen molar-refractivity contribution in [2.24, 2.45) is 0 Å². The van der Waals surface area contributed by atoms with Crippen LogP contribution in [0, 0.1) is 0 Å². The summed E-state index contributed by atoms with van der Waals surface area (Å²) in [7, 11) is 0. The third-order valence-corrected chi connectivity index (χ3v) is 2.35. The van der Waals surface area contributed by atoms with Gasteiger partial charge in [0.15, 0.2) is 11.5 Å². The minimum Gasteiger partial charge on any atom is -0.489 e. The summed E-state index contributed by atoms with van der Waals surface area (Å²) in [5.41, 5.74) is 0. The van der Waals surface area contributed by atoms with Crippen molar-refractivity contribution in [1.82, 2.24) is 0 Å². The highest BCUT2D eigenvalue weighted by Crippen LogP contribution is 2.32. The average molecular weight is 170 g/mol. The highest BCUT2D eigenvalue weighted by molar-refractivity contribution is 7.08. The van der Waals surface area contributed by atoms with Gasteiger partial charge in [0.05, 0.1) is 13.2 Å². The van der Waals surface area contributed by atoms with E-state index in [0.717, 1.165) is 37.6 Å². The van der Waals surface area contributed by atoms with Crippen LogP contribution in [0.15, 0.2) is 10.8 Å². The first-order valence-electron chi connectivity index (χ1n) is 3.78. The molecule has 0 fully saturated rings. The first kappa shape index (κ1) is 6.98. The monoisotopic (exact) mass is 170 g/mol. The normalized spacial score (nSPS) is 17.1. The Bertz CT molecular complexity index is 209. The smallest absolute Gasteiger partial charge is 0.171 e. The van der Waals surface area contributed by atoms with Crippen molar-refractivity contribution in [3.05, 3.63) is 10.8 Å². The number of fused-ring (bicyclic) bond motifs is 1. The van der Waals surface area contributed by atoms with E-state index in [1.807, 2.05) is 10.8 Å². The fourth-order valence-electron chi connectivity index (χ4n) is 1.05. The molecule has 60 valence electrons. The zero-order valence-corrected chi connectivity index (χ0v) is 7.02. The van der Waals surface area contributed by atoms with Crippen LogP contribution in [-0.2, 0) is 0 Å². The first-order valence-corrected chi connectivity index (χ1v) is 4.73. The largest absolute Gasteiger partial charge is 0.489 e. The molecule has 0 saturated carbocycles. The lowest BCUT2D eigenvalue weighted by Crippen LogP contribution is -2.06. The number of hydrogen-bond donors (Lipinski definition) is 0. The molecule has 3 heteroatoms. The lowest BCUT2D eigenvalue weighted by molar-refractivity contribution is 0.225. The van der Waals surface area contributed by atoms with Crippen LogP contribution in [0.4, 0.5) is 0 Å². The summed E-state index contributed by atoms with van der Waals surface area (Å²) < 4.78 is 10.9. The van der Waals surface area contributed by atoms with E-state index in [-0.39, 0.29) is 0 Å². The predicted molar refractivity (Wildman–Crippen MR) is 44.5 cm³/mol.